The van der Waals surface area contributed by atoms with Gasteiger partial charge in [-0.1, -0.05) is 0 Å². The smallest absolute Gasteiger partial charge is 0.276 e. The summed E-state index contributed by atoms with van der Waals surface area (Å²) in [5.74, 6) is 0.193. The summed E-state index contributed by atoms with van der Waals surface area (Å²) in [5, 5.41) is 13.1. The normalized spacial score (nSPS) is 15.9. The van der Waals surface area contributed by atoms with E-state index in [2.05, 4.69) is 20.8 Å². The minimum Gasteiger partial charge on any atom is -0.491 e. The van der Waals surface area contributed by atoms with Crippen LogP contribution in [0, 0.1) is 11.7 Å². The average molecular weight is 367 g/mol. The Hall–Kier alpha value is -2.12. The van der Waals surface area contributed by atoms with Gasteiger partial charge in [-0.15, -0.1) is 12.4 Å². The molecule has 2 heterocycles. The van der Waals surface area contributed by atoms with Crippen LogP contribution in [0.4, 0.5) is 10.1 Å². The SMILES string of the molecule is Cl.O=C(Nc1ccc(F)cc1OCC1CC1)c1n[nH]c2c1CNCC2. The summed E-state index contributed by atoms with van der Waals surface area (Å²) in [5.41, 5.74) is 2.71. The van der Waals surface area contributed by atoms with Gasteiger partial charge in [0.15, 0.2) is 5.69 Å². The highest BCUT2D eigenvalue weighted by atomic mass is 35.5. The van der Waals surface area contributed by atoms with Gasteiger partial charge in [0.2, 0.25) is 0 Å². The molecule has 6 nitrogen and oxygen atoms in total. The number of amides is 1. The summed E-state index contributed by atoms with van der Waals surface area (Å²) in [6, 6.07) is 4.13. The van der Waals surface area contributed by atoms with Gasteiger partial charge in [-0.25, -0.2) is 4.39 Å². The van der Waals surface area contributed by atoms with Crippen LogP contribution >= 0.6 is 12.4 Å². The summed E-state index contributed by atoms with van der Waals surface area (Å²) in [6.07, 6.45) is 3.11. The number of benzene rings is 1. The largest absolute Gasteiger partial charge is 0.491 e. The number of carbonyl (C=O) groups is 1. The first-order valence-electron chi connectivity index (χ1n) is 8.21. The van der Waals surface area contributed by atoms with Gasteiger partial charge in [-0.2, -0.15) is 5.10 Å². The minimum atomic E-state index is -0.389. The van der Waals surface area contributed by atoms with Crippen LogP contribution < -0.4 is 15.4 Å². The van der Waals surface area contributed by atoms with Crippen LogP contribution in [0.2, 0.25) is 0 Å². The first-order valence-corrected chi connectivity index (χ1v) is 8.21. The number of rotatable bonds is 5. The Bertz CT molecular complexity index is 776. The highest BCUT2D eigenvalue weighted by Crippen LogP contribution is 2.32. The number of hydrogen-bond donors (Lipinski definition) is 3. The van der Waals surface area contributed by atoms with E-state index in [-0.39, 0.29) is 24.1 Å². The Morgan fingerprint density at radius 2 is 2.24 bits per heavy atom. The third kappa shape index (κ3) is 3.93. The highest BCUT2D eigenvalue weighted by Gasteiger charge is 2.24. The van der Waals surface area contributed by atoms with E-state index in [1.165, 1.54) is 18.2 Å². The molecule has 3 N–H and O–H groups in total. The number of fused-ring (bicyclic) bond motifs is 1. The summed E-state index contributed by atoms with van der Waals surface area (Å²) in [4.78, 5) is 12.6. The zero-order valence-corrected chi connectivity index (χ0v) is 14.4. The Kier molecular flexibility index (Phi) is 5.24. The van der Waals surface area contributed by atoms with Crippen molar-refractivity contribution in [3.63, 3.8) is 0 Å². The van der Waals surface area contributed by atoms with Gasteiger partial charge in [-0.3, -0.25) is 9.89 Å². The molecule has 1 fully saturated rings. The number of nitrogens with zero attached hydrogens (tertiary/aromatic N) is 1. The number of ether oxygens (including phenoxy) is 1. The molecule has 1 aromatic heterocycles. The summed E-state index contributed by atoms with van der Waals surface area (Å²) < 4.78 is 19.2. The van der Waals surface area contributed by atoms with Crippen LogP contribution in [-0.4, -0.2) is 29.3 Å². The summed E-state index contributed by atoms with van der Waals surface area (Å²) in [6.45, 7) is 2.03. The molecule has 25 heavy (non-hydrogen) atoms. The number of aromatic amines is 1. The molecule has 1 aromatic carbocycles. The maximum atomic E-state index is 13.5. The molecule has 8 heteroatoms. The fourth-order valence-corrected chi connectivity index (χ4v) is 2.81. The number of hydrogen-bond acceptors (Lipinski definition) is 4. The van der Waals surface area contributed by atoms with Gasteiger partial charge in [0.1, 0.15) is 11.6 Å². The van der Waals surface area contributed by atoms with Crippen LogP contribution in [0.5, 0.6) is 5.75 Å². The maximum Gasteiger partial charge on any atom is 0.276 e. The molecule has 0 saturated heterocycles. The van der Waals surface area contributed by atoms with Crippen molar-refractivity contribution in [2.24, 2.45) is 5.92 Å². The first-order chi connectivity index (χ1) is 11.7. The lowest BCUT2D eigenvalue weighted by atomic mass is 10.1. The molecule has 2 aromatic rings. The topological polar surface area (TPSA) is 79.0 Å². The van der Waals surface area contributed by atoms with Crippen molar-refractivity contribution in [2.45, 2.75) is 25.8 Å². The van der Waals surface area contributed by atoms with Crippen molar-refractivity contribution in [3.8, 4) is 5.75 Å². The molecular formula is C17H20ClFN4O2. The van der Waals surface area contributed by atoms with Crippen molar-refractivity contribution in [3.05, 3.63) is 41.0 Å². The third-order valence-corrected chi connectivity index (χ3v) is 4.38. The number of anilines is 1. The molecule has 134 valence electrons. The fraction of sp³-hybridized carbons (Fsp3) is 0.412. The highest BCUT2D eigenvalue weighted by molar-refractivity contribution is 6.04. The minimum absolute atomic E-state index is 0. The van der Waals surface area contributed by atoms with Gasteiger partial charge < -0.3 is 15.4 Å². The molecule has 2 aliphatic rings. The van der Waals surface area contributed by atoms with Crippen molar-refractivity contribution < 1.29 is 13.9 Å². The molecule has 1 aliphatic heterocycles. The van der Waals surface area contributed by atoms with Crippen molar-refractivity contribution in [1.29, 1.82) is 0 Å². The zero-order valence-electron chi connectivity index (χ0n) is 13.6. The summed E-state index contributed by atoms with van der Waals surface area (Å²) in [7, 11) is 0. The number of nitrogens with one attached hydrogen (secondary N) is 3. The van der Waals surface area contributed by atoms with E-state index < -0.39 is 0 Å². The lowest BCUT2D eigenvalue weighted by molar-refractivity contribution is 0.102. The van der Waals surface area contributed by atoms with E-state index in [4.69, 9.17) is 4.74 Å². The molecule has 0 unspecified atom stereocenters. The Balaban J connectivity index is 0.00000182. The van der Waals surface area contributed by atoms with E-state index in [0.29, 0.717) is 36.2 Å². The van der Waals surface area contributed by atoms with Crippen LogP contribution in [0.15, 0.2) is 18.2 Å². The molecule has 0 atom stereocenters. The van der Waals surface area contributed by atoms with Gasteiger partial charge in [0.25, 0.3) is 5.91 Å². The van der Waals surface area contributed by atoms with Crippen LogP contribution in [-0.2, 0) is 13.0 Å². The van der Waals surface area contributed by atoms with E-state index >= 15 is 0 Å². The van der Waals surface area contributed by atoms with E-state index in [9.17, 15) is 9.18 Å². The first kappa shape index (κ1) is 17.7. The van der Waals surface area contributed by atoms with Crippen LogP contribution in [0.1, 0.15) is 34.6 Å². The Morgan fingerprint density at radius 3 is 3.04 bits per heavy atom. The fourth-order valence-electron chi connectivity index (χ4n) is 2.81. The Labute approximate surface area is 150 Å². The molecule has 0 bridgehead atoms. The monoisotopic (exact) mass is 366 g/mol. The predicted octanol–water partition coefficient (Wildman–Crippen LogP) is 2.66. The molecule has 4 rings (SSSR count). The standard InChI is InChI=1S/C17H19FN4O2.ClH/c18-11-3-4-14(15(7-11)24-9-10-1-2-10)20-17(23)16-12-8-19-6-5-13(12)21-22-16;/h3-4,7,10,19H,1-2,5-6,8-9H2,(H,20,23)(H,21,22);1H. The van der Waals surface area contributed by atoms with Crippen molar-refractivity contribution in [1.82, 2.24) is 15.5 Å². The molecular weight excluding hydrogens is 347 g/mol. The quantitative estimate of drug-likeness (QED) is 0.760. The van der Waals surface area contributed by atoms with E-state index in [0.717, 1.165) is 37.1 Å². The second-order valence-electron chi connectivity index (χ2n) is 6.31. The molecule has 1 amide bonds. The van der Waals surface area contributed by atoms with Crippen LogP contribution in [0.3, 0.4) is 0 Å². The van der Waals surface area contributed by atoms with Gasteiger partial charge >= 0.3 is 0 Å². The summed E-state index contributed by atoms with van der Waals surface area (Å²) >= 11 is 0. The van der Waals surface area contributed by atoms with Crippen molar-refractivity contribution >= 4 is 24.0 Å². The molecule has 1 aliphatic carbocycles. The second-order valence-corrected chi connectivity index (χ2v) is 6.31. The lowest BCUT2D eigenvalue weighted by Gasteiger charge is -2.14. The number of aromatic nitrogens is 2. The van der Waals surface area contributed by atoms with Crippen molar-refractivity contribution in [2.75, 3.05) is 18.5 Å². The number of carbonyl (C=O) groups excluding carboxylic acids is 1. The lowest BCUT2D eigenvalue weighted by Crippen LogP contribution is -2.25. The predicted molar refractivity (Wildman–Crippen MR) is 93.8 cm³/mol. The molecule has 0 spiro atoms. The Morgan fingerprint density at radius 1 is 1.40 bits per heavy atom. The maximum absolute atomic E-state index is 13.5. The van der Waals surface area contributed by atoms with E-state index in [1.807, 2.05) is 0 Å². The average Bonchev–Trinajstić information content (AvgIpc) is 3.31. The molecule has 1 saturated carbocycles. The van der Waals surface area contributed by atoms with Gasteiger partial charge in [0.05, 0.1) is 12.3 Å². The van der Waals surface area contributed by atoms with Crippen LogP contribution in [0.25, 0.3) is 0 Å². The van der Waals surface area contributed by atoms with E-state index in [1.54, 1.807) is 0 Å². The number of H-pyrrole nitrogens is 1. The molecule has 0 radical (unpaired) electrons. The second kappa shape index (κ2) is 7.41. The van der Waals surface area contributed by atoms with Gasteiger partial charge in [-0.05, 0) is 30.9 Å². The third-order valence-electron chi connectivity index (χ3n) is 4.38. The number of halogens is 2. The van der Waals surface area contributed by atoms with Gasteiger partial charge in [0, 0.05) is 36.8 Å². The zero-order chi connectivity index (χ0) is 16.5.